The minimum Gasteiger partial charge on any atom is -0.466 e. The molecule has 0 spiro atoms. The maximum absolute atomic E-state index is 12.7. The van der Waals surface area contributed by atoms with E-state index in [-0.39, 0.29) is 11.9 Å². The largest absolute Gasteiger partial charge is 0.466 e. The number of carbonyl (C=O) groups excluding carboxylic acids is 2. The number of fused-ring (bicyclic) bond motifs is 5. The van der Waals surface area contributed by atoms with Crippen LogP contribution in [0.4, 0.5) is 0 Å². The van der Waals surface area contributed by atoms with Gasteiger partial charge in [0.25, 0.3) is 0 Å². The van der Waals surface area contributed by atoms with E-state index in [0.29, 0.717) is 23.6 Å². The summed E-state index contributed by atoms with van der Waals surface area (Å²) in [7, 11) is 2.82. The molecule has 0 radical (unpaired) electrons. The molecule has 0 bridgehead atoms. The molecule has 33 heavy (non-hydrogen) atoms. The highest BCUT2D eigenvalue weighted by molar-refractivity contribution is 6.02. The molecule has 0 N–H and O–H groups in total. The summed E-state index contributed by atoms with van der Waals surface area (Å²) in [4.78, 5) is 25.0. The van der Waals surface area contributed by atoms with Crippen LogP contribution in [0.3, 0.4) is 0 Å². The van der Waals surface area contributed by atoms with Gasteiger partial charge in [-0.2, -0.15) is 0 Å². The molecule has 5 nitrogen and oxygen atoms in total. The lowest BCUT2D eigenvalue weighted by Crippen LogP contribution is -2.11. The van der Waals surface area contributed by atoms with Crippen LogP contribution in [0.15, 0.2) is 48.0 Å². The van der Waals surface area contributed by atoms with Crippen LogP contribution >= 0.6 is 0 Å². The Kier molecular flexibility index (Phi) is 5.79. The van der Waals surface area contributed by atoms with Crippen LogP contribution in [0, 0.1) is 0 Å². The summed E-state index contributed by atoms with van der Waals surface area (Å²) < 4.78 is 12.3. The van der Waals surface area contributed by atoms with Crippen molar-refractivity contribution in [3.63, 3.8) is 0 Å². The Morgan fingerprint density at radius 2 is 1.64 bits per heavy atom. The second-order valence-electron chi connectivity index (χ2n) is 9.01. The van der Waals surface area contributed by atoms with Crippen LogP contribution in [-0.2, 0) is 20.8 Å². The van der Waals surface area contributed by atoms with Crippen LogP contribution in [0.5, 0.6) is 0 Å². The number of benzene rings is 2. The van der Waals surface area contributed by atoms with Gasteiger partial charge in [0.1, 0.15) is 0 Å². The van der Waals surface area contributed by atoms with Gasteiger partial charge in [-0.15, -0.1) is 0 Å². The molecule has 0 unspecified atom stereocenters. The molecule has 1 aliphatic carbocycles. The maximum atomic E-state index is 12.7. The Hall–Kier alpha value is -3.34. The first kappa shape index (κ1) is 21.5. The van der Waals surface area contributed by atoms with E-state index >= 15 is 0 Å². The first-order chi connectivity index (χ1) is 16.1. The molecule has 3 aromatic rings. The molecule has 5 rings (SSSR count). The van der Waals surface area contributed by atoms with Crippen molar-refractivity contribution in [2.24, 2.45) is 0 Å². The Labute approximate surface area is 194 Å². The van der Waals surface area contributed by atoms with Gasteiger partial charge in [-0.05, 0) is 48.1 Å². The average molecular weight is 444 g/mol. The van der Waals surface area contributed by atoms with Gasteiger partial charge in [0.15, 0.2) is 0 Å². The van der Waals surface area contributed by atoms with E-state index in [1.807, 2.05) is 24.3 Å². The zero-order valence-electron chi connectivity index (χ0n) is 19.2. The van der Waals surface area contributed by atoms with E-state index in [1.54, 1.807) is 0 Å². The molecule has 1 fully saturated rings. The quantitative estimate of drug-likeness (QED) is 0.362. The number of aromatic nitrogens is 1. The predicted molar refractivity (Wildman–Crippen MR) is 129 cm³/mol. The normalized spacial score (nSPS) is 16.2. The number of ether oxygens (including phenoxy) is 2. The van der Waals surface area contributed by atoms with Crippen LogP contribution in [0.1, 0.15) is 65.9 Å². The summed E-state index contributed by atoms with van der Waals surface area (Å²) in [5, 5.41) is 1.16. The van der Waals surface area contributed by atoms with Crippen LogP contribution in [-0.4, -0.2) is 30.7 Å². The third kappa shape index (κ3) is 3.75. The fourth-order valence-corrected chi connectivity index (χ4v) is 5.55. The summed E-state index contributed by atoms with van der Waals surface area (Å²) in [5.41, 5.74) is 6.70. The van der Waals surface area contributed by atoms with Crippen LogP contribution in [0.2, 0.25) is 0 Å². The number of hydrogen-bond acceptors (Lipinski definition) is 4. The first-order valence-corrected chi connectivity index (χ1v) is 11.7. The van der Waals surface area contributed by atoms with Crippen molar-refractivity contribution in [3.05, 3.63) is 64.7 Å². The lowest BCUT2D eigenvalue weighted by atomic mass is 9.87. The second kappa shape index (κ2) is 8.89. The molecular formula is C28H29NO4. The van der Waals surface area contributed by atoms with Crippen molar-refractivity contribution in [1.82, 2.24) is 4.57 Å². The van der Waals surface area contributed by atoms with E-state index in [2.05, 4.69) is 28.8 Å². The van der Waals surface area contributed by atoms with E-state index in [9.17, 15) is 9.59 Å². The average Bonchev–Trinajstić information content (AvgIpc) is 3.03. The molecule has 2 aliphatic rings. The maximum Gasteiger partial charge on any atom is 0.337 e. The SMILES string of the molecule is COC(=O)C1=Cc2ccccc2-c2c(C3CCCCCC3)c3ccc(C(=O)OC)cc3n2C1. The van der Waals surface area contributed by atoms with Gasteiger partial charge in [-0.25, -0.2) is 9.59 Å². The van der Waals surface area contributed by atoms with Gasteiger partial charge >= 0.3 is 11.9 Å². The van der Waals surface area contributed by atoms with Crippen molar-refractivity contribution >= 4 is 28.9 Å². The minimum atomic E-state index is -0.360. The standard InChI is InChI=1S/C28H29NO4/c1-32-27(30)20-13-14-23-24(16-20)29-17-21(28(31)33-2)15-19-11-7-8-12-22(19)26(29)25(23)18-9-5-3-4-6-10-18/h7-8,11-16,18H,3-6,9-10,17H2,1-2H3. The fraction of sp³-hybridized carbons (Fsp3) is 0.357. The summed E-state index contributed by atoms with van der Waals surface area (Å²) in [6.45, 7) is 0.393. The van der Waals surface area contributed by atoms with Gasteiger partial charge in [0.05, 0.1) is 37.6 Å². The molecule has 1 saturated carbocycles. The smallest absolute Gasteiger partial charge is 0.337 e. The third-order valence-electron chi connectivity index (χ3n) is 7.11. The number of hydrogen-bond donors (Lipinski definition) is 0. The molecule has 5 heteroatoms. The molecule has 0 atom stereocenters. The summed E-state index contributed by atoms with van der Waals surface area (Å²) in [5.74, 6) is -0.246. The first-order valence-electron chi connectivity index (χ1n) is 11.7. The Morgan fingerprint density at radius 3 is 2.36 bits per heavy atom. The summed E-state index contributed by atoms with van der Waals surface area (Å²) in [6.07, 6.45) is 9.27. The minimum absolute atomic E-state index is 0.334. The van der Waals surface area contributed by atoms with Crippen molar-refractivity contribution in [2.75, 3.05) is 14.2 Å². The van der Waals surface area contributed by atoms with Gasteiger partial charge in [0.2, 0.25) is 0 Å². The number of carbonyl (C=O) groups is 2. The molecule has 0 saturated heterocycles. The molecule has 1 aromatic heterocycles. The Morgan fingerprint density at radius 1 is 0.909 bits per heavy atom. The van der Waals surface area contributed by atoms with E-state index in [1.165, 1.54) is 45.5 Å². The fourth-order valence-electron chi connectivity index (χ4n) is 5.55. The van der Waals surface area contributed by atoms with Gasteiger partial charge < -0.3 is 14.0 Å². The Bertz CT molecular complexity index is 1260. The van der Waals surface area contributed by atoms with Crippen molar-refractivity contribution < 1.29 is 19.1 Å². The summed E-state index contributed by atoms with van der Waals surface area (Å²) >= 11 is 0. The molecular weight excluding hydrogens is 414 g/mol. The molecule has 0 amide bonds. The molecule has 1 aliphatic heterocycles. The third-order valence-corrected chi connectivity index (χ3v) is 7.11. The van der Waals surface area contributed by atoms with E-state index < -0.39 is 0 Å². The highest BCUT2D eigenvalue weighted by Crippen LogP contribution is 2.46. The van der Waals surface area contributed by atoms with Crippen LogP contribution in [0.25, 0.3) is 28.2 Å². The lowest BCUT2D eigenvalue weighted by molar-refractivity contribution is -0.136. The number of rotatable bonds is 3. The van der Waals surface area contributed by atoms with E-state index in [0.717, 1.165) is 40.6 Å². The highest BCUT2D eigenvalue weighted by Gasteiger charge is 2.30. The highest BCUT2D eigenvalue weighted by atomic mass is 16.5. The van der Waals surface area contributed by atoms with Crippen molar-refractivity contribution in [1.29, 1.82) is 0 Å². The zero-order valence-corrected chi connectivity index (χ0v) is 19.2. The molecule has 2 aromatic carbocycles. The summed E-state index contributed by atoms with van der Waals surface area (Å²) in [6, 6.07) is 14.1. The lowest BCUT2D eigenvalue weighted by Gasteiger charge is -2.18. The second-order valence-corrected chi connectivity index (χ2v) is 9.01. The van der Waals surface area contributed by atoms with Crippen LogP contribution < -0.4 is 0 Å². The number of esters is 2. The van der Waals surface area contributed by atoms with Gasteiger partial charge in [-0.3, -0.25) is 0 Å². The number of methoxy groups -OCH3 is 2. The molecule has 170 valence electrons. The van der Waals surface area contributed by atoms with Crippen molar-refractivity contribution in [2.45, 2.75) is 51.0 Å². The van der Waals surface area contributed by atoms with Crippen molar-refractivity contribution in [3.8, 4) is 11.3 Å². The van der Waals surface area contributed by atoms with Gasteiger partial charge in [-0.1, -0.05) is 56.0 Å². The topological polar surface area (TPSA) is 57.5 Å². The van der Waals surface area contributed by atoms with Gasteiger partial charge in [0, 0.05) is 16.5 Å². The zero-order chi connectivity index (χ0) is 22.9. The Balaban J connectivity index is 1.83. The predicted octanol–water partition coefficient (Wildman–Crippen LogP) is 6.10. The monoisotopic (exact) mass is 443 g/mol. The molecule has 2 heterocycles. The number of nitrogens with zero attached hydrogens (tertiary/aromatic N) is 1. The van der Waals surface area contributed by atoms with E-state index in [4.69, 9.17) is 9.47 Å².